The Morgan fingerprint density at radius 3 is 1.98 bits per heavy atom. The van der Waals surface area contributed by atoms with E-state index in [0.29, 0.717) is 6.61 Å². The standard InChI is InChI=1S/C32H32F3NO4/c1-3-5-6-21-40-29-19-13-25(14-20-29)8-7-24-9-11-26(12-10-24)22-36(23-30(37)39-4-2)31(38)27-15-17-28(18-16-27)32(33,34)35/h9-20H,3-6,21-23H2,1-2H3. The van der Waals surface area contributed by atoms with Crippen molar-refractivity contribution in [3.8, 4) is 17.6 Å². The molecule has 0 unspecified atom stereocenters. The van der Waals surface area contributed by atoms with Gasteiger partial charge in [-0.3, -0.25) is 9.59 Å². The number of halogens is 3. The summed E-state index contributed by atoms with van der Waals surface area (Å²) in [6.07, 6.45) is -1.20. The summed E-state index contributed by atoms with van der Waals surface area (Å²) in [5, 5.41) is 0. The number of ether oxygens (including phenoxy) is 2. The van der Waals surface area contributed by atoms with Crippen LogP contribution in [0.2, 0.25) is 0 Å². The van der Waals surface area contributed by atoms with Crippen molar-refractivity contribution in [2.75, 3.05) is 19.8 Å². The second-order valence-electron chi connectivity index (χ2n) is 9.07. The molecule has 0 fully saturated rings. The molecule has 0 saturated heterocycles. The van der Waals surface area contributed by atoms with Gasteiger partial charge in [0, 0.05) is 23.2 Å². The summed E-state index contributed by atoms with van der Waals surface area (Å²) in [5.41, 5.74) is 1.50. The summed E-state index contributed by atoms with van der Waals surface area (Å²) in [6, 6.07) is 18.7. The van der Waals surface area contributed by atoms with E-state index in [4.69, 9.17) is 9.47 Å². The third kappa shape index (κ3) is 9.49. The highest BCUT2D eigenvalue weighted by molar-refractivity contribution is 5.96. The molecule has 0 atom stereocenters. The van der Waals surface area contributed by atoms with Crippen molar-refractivity contribution in [1.82, 2.24) is 4.90 Å². The summed E-state index contributed by atoms with van der Waals surface area (Å²) >= 11 is 0. The monoisotopic (exact) mass is 551 g/mol. The van der Waals surface area contributed by atoms with Gasteiger partial charge in [-0.05, 0) is 79.6 Å². The van der Waals surface area contributed by atoms with E-state index in [-0.39, 0.29) is 25.3 Å². The fourth-order valence-electron chi connectivity index (χ4n) is 3.78. The highest BCUT2D eigenvalue weighted by Gasteiger charge is 2.30. The summed E-state index contributed by atoms with van der Waals surface area (Å²) in [6.45, 7) is 4.35. The van der Waals surface area contributed by atoms with Crippen molar-refractivity contribution < 1.29 is 32.2 Å². The topological polar surface area (TPSA) is 55.8 Å². The predicted octanol–water partition coefficient (Wildman–Crippen LogP) is 6.88. The zero-order chi connectivity index (χ0) is 29.0. The number of amides is 1. The molecule has 3 aromatic carbocycles. The van der Waals surface area contributed by atoms with Gasteiger partial charge in [0.25, 0.3) is 5.91 Å². The Labute approximate surface area is 232 Å². The Morgan fingerprint density at radius 1 is 0.825 bits per heavy atom. The van der Waals surface area contributed by atoms with Crippen LogP contribution in [-0.4, -0.2) is 36.5 Å². The molecule has 3 rings (SSSR count). The molecule has 210 valence electrons. The third-order valence-corrected chi connectivity index (χ3v) is 5.92. The molecule has 5 nitrogen and oxygen atoms in total. The lowest BCUT2D eigenvalue weighted by Crippen LogP contribution is -2.36. The molecule has 0 aliphatic carbocycles. The largest absolute Gasteiger partial charge is 0.494 e. The van der Waals surface area contributed by atoms with Gasteiger partial charge in [-0.25, -0.2) is 0 Å². The number of unbranched alkanes of at least 4 members (excludes halogenated alkanes) is 2. The van der Waals surface area contributed by atoms with Crippen LogP contribution < -0.4 is 4.74 Å². The smallest absolute Gasteiger partial charge is 0.416 e. The Hall–Kier alpha value is -4.25. The van der Waals surface area contributed by atoms with E-state index in [2.05, 4.69) is 18.8 Å². The fraction of sp³-hybridized carbons (Fsp3) is 0.312. The Balaban J connectivity index is 1.67. The van der Waals surface area contributed by atoms with Gasteiger partial charge >= 0.3 is 12.1 Å². The number of alkyl halides is 3. The SMILES string of the molecule is CCCCCOc1ccc(C#Cc2ccc(CN(CC(=O)OCC)C(=O)c3ccc(C(F)(F)F)cc3)cc2)cc1. The number of carbonyl (C=O) groups is 2. The van der Waals surface area contributed by atoms with Crippen LogP contribution in [0.1, 0.15) is 65.7 Å². The minimum Gasteiger partial charge on any atom is -0.494 e. The number of nitrogens with zero attached hydrogens (tertiary/aromatic N) is 1. The molecule has 1 amide bonds. The van der Waals surface area contributed by atoms with Crippen LogP contribution in [0, 0.1) is 11.8 Å². The lowest BCUT2D eigenvalue weighted by Gasteiger charge is -2.22. The van der Waals surface area contributed by atoms with Crippen LogP contribution in [0.4, 0.5) is 13.2 Å². The van der Waals surface area contributed by atoms with E-state index in [1.165, 1.54) is 4.90 Å². The number of hydrogen-bond donors (Lipinski definition) is 0. The van der Waals surface area contributed by atoms with Gasteiger partial charge in [-0.2, -0.15) is 13.2 Å². The Morgan fingerprint density at radius 2 is 1.43 bits per heavy atom. The van der Waals surface area contributed by atoms with Crippen molar-refractivity contribution in [2.24, 2.45) is 0 Å². The second kappa shape index (κ2) is 14.8. The zero-order valence-corrected chi connectivity index (χ0v) is 22.6. The highest BCUT2D eigenvalue weighted by atomic mass is 19.4. The molecule has 0 saturated carbocycles. The minimum absolute atomic E-state index is 0.0390. The van der Waals surface area contributed by atoms with Crippen LogP contribution >= 0.6 is 0 Å². The first-order chi connectivity index (χ1) is 19.2. The molecule has 0 N–H and O–H groups in total. The number of benzene rings is 3. The number of rotatable bonds is 11. The summed E-state index contributed by atoms with van der Waals surface area (Å²) in [4.78, 5) is 26.5. The van der Waals surface area contributed by atoms with Crippen molar-refractivity contribution >= 4 is 11.9 Å². The van der Waals surface area contributed by atoms with Gasteiger partial charge in [0.15, 0.2) is 0 Å². The number of hydrogen-bond acceptors (Lipinski definition) is 4. The van der Waals surface area contributed by atoms with Gasteiger partial charge < -0.3 is 14.4 Å². The molecule has 40 heavy (non-hydrogen) atoms. The lowest BCUT2D eigenvalue weighted by molar-refractivity contribution is -0.144. The Bertz CT molecular complexity index is 1310. The van der Waals surface area contributed by atoms with Crippen LogP contribution in [0.25, 0.3) is 0 Å². The van der Waals surface area contributed by atoms with E-state index in [0.717, 1.165) is 66.0 Å². The van der Waals surface area contributed by atoms with Crippen LogP contribution in [0.5, 0.6) is 5.75 Å². The molecule has 0 aromatic heterocycles. The minimum atomic E-state index is -4.51. The molecular formula is C32H32F3NO4. The van der Waals surface area contributed by atoms with Crippen LogP contribution in [0.15, 0.2) is 72.8 Å². The molecule has 0 aliphatic rings. The van der Waals surface area contributed by atoms with E-state index >= 15 is 0 Å². The second-order valence-corrected chi connectivity index (χ2v) is 9.07. The summed E-state index contributed by atoms with van der Waals surface area (Å²) < 4.78 is 49.4. The van der Waals surface area contributed by atoms with E-state index < -0.39 is 23.6 Å². The molecule has 3 aromatic rings. The quantitative estimate of drug-likeness (QED) is 0.148. The molecule has 0 heterocycles. The summed E-state index contributed by atoms with van der Waals surface area (Å²) in [5.74, 6) is 5.83. The van der Waals surface area contributed by atoms with Gasteiger partial charge in [-0.1, -0.05) is 43.7 Å². The van der Waals surface area contributed by atoms with Crippen molar-refractivity contribution in [2.45, 2.75) is 45.8 Å². The highest BCUT2D eigenvalue weighted by Crippen LogP contribution is 2.29. The van der Waals surface area contributed by atoms with Gasteiger partial charge in [0.1, 0.15) is 12.3 Å². The van der Waals surface area contributed by atoms with Gasteiger partial charge in [0.05, 0.1) is 18.8 Å². The number of esters is 1. The van der Waals surface area contributed by atoms with Gasteiger partial charge in [-0.15, -0.1) is 0 Å². The molecular weight excluding hydrogens is 519 g/mol. The zero-order valence-electron chi connectivity index (χ0n) is 22.6. The van der Waals surface area contributed by atoms with Crippen LogP contribution in [-0.2, 0) is 22.3 Å². The normalized spacial score (nSPS) is 10.8. The average Bonchev–Trinajstić information content (AvgIpc) is 2.94. The molecule has 0 aliphatic heterocycles. The molecule has 8 heteroatoms. The van der Waals surface area contributed by atoms with Crippen molar-refractivity contribution in [1.29, 1.82) is 0 Å². The maximum Gasteiger partial charge on any atom is 0.416 e. The van der Waals surface area contributed by atoms with E-state index in [9.17, 15) is 22.8 Å². The van der Waals surface area contributed by atoms with E-state index in [1.807, 2.05) is 24.3 Å². The maximum absolute atomic E-state index is 13.1. The van der Waals surface area contributed by atoms with Crippen LogP contribution in [0.3, 0.4) is 0 Å². The fourth-order valence-corrected chi connectivity index (χ4v) is 3.78. The van der Waals surface area contributed by atoms with Crippen molar-refractivity contribution in [3.05, 3.63) is 101 Å². The molecule has 0 spiro atoms. The molecule has 0 radical (unpaired) electrons. The third-order valence-electron chi connectivity index (χ3n) is 5.92. The lowest BCUT2D eigenvalue weighted by atomic mass is 10.1. The summed E-state index contributed by atoms with van der Waals surface area (Å²) in [7, 11) is 0. The first-order valence-electron chi connectivity index (χ1n) is 13.2. The maximum atomic E-state index is 13.1. The van der Waals surface area contributed by atoms with Crippen molar-refractivity contribution in [3.63, 3.8) is 0 Å². The molecule has 0 bridgehead atoms. The van der Waals surface area contributed by atoms with E-state index in [1.54, 1.807) is 31.2 Å². The average molecular weight is 552 g/mol. The number of carbonyl (C=O) groups excluding carboxylic acids is 2. The van der Waals surface area contributed by atoms with Gasteiger partial charge in [0.2, 0.25) is 0 Å². The Kier molecular flexibility index (Phi) is 11.2. The predicted molar refractivity (Wildman–Crippen MR) is 147 cm³/mol. The first kappa shape index (κ1) is 30.3. The first-order valence-corrected chi connectivity index (χ1v) is 13.2.